The van der Waals surface area contributed by atoms with E-state index in [0.717, 1.165) is 12.4 Å². The fourth-order valence-corrected chi connectivity index (χ4v) is 1.37. The predicted molar refractivity (Wildman–Crippen MR) is 60.7 cm³/mol. The summed E-state index contributed by atoms with van der Waals surface area (Å²) >= 11 is 0. The molecule has 1 N–H and O–H groups in total. The van der Waals surface area contributed by atoms with Gasteiger partial charge in [0.2, 0.25) is 0 Å². The fourth-order valence-electron chi connectivity index (χ4n) is 1.37. The first-order chi connectivity index (χ1) is 6.70. The standard InChI is InChI=1S/C11H19N3/c1-5-14(4)11-10(9(2)12-3)7-6-8-13-11/h6-9,12H,5H2,1-4H3. The SMILES string of the molecule is CCN(C)c1ncccc1C(C)NC. The largest absolute Gasteiger partial charge is 0.360 e. The third-order valence-corrected chi connectivity index (χ3v) is 2.55. The van der Waals surface area contributed by atoms with Gasteiger partial charge in [0, 0.05) is 31.4 Å². The third-order valence-electron chi connectivity index (χ3n) is 2.55. The molecule has 0 aliphatic heterocycles. The van der Waals surface area contributed by atoms with Crippen LogP contribution >= 0.6 is 0 Å². The number of rotatable bonds is 4. The van der Waals surface area contributed by atoms with E-state index in [1.54, 1.807) is 0 Å². The van der Waals surface area contributed by atoms with E-state index < -0.39 is 0 Å². The van der Waals surface area contributed by atoms with E-state index >= 15 is 0 Å². The minimum atomic E-state index is 0.340. The minimum Gasteiger partial charge on any atom is -0.360 e. The summed E-state index contributed by atoms with van der Waals surface area (Å²) < 4.78 is 0. The lowest BCUT2D eigenvalue weighted by Gasteiger charge is -2.22. The molecule has 14 heavy (non-hydrogen) atoms. The number of nitrogens with one attached hydrogen (secondary N) is 1. The third kappa shape index (κ3) is 2.23. The van der Waals surface area contributed by atoms with E-state index in [1.807, 2.05) is 19.3 Å². The fraction of sp³-hybridized carbons (Fsp3) is 0.545. The highest BCUT2D eigenvalue weighted by Crippen LogP contribution is 2.22. The molecule has 0 amide bonds. The first kappa shape index (κ1) is 11.0. The molecule has 0 spiro atoms. The molecule has 0 saturated carbocycles. The molecule has 1 aromatic rings. The van der Waals surface area contributed by atoms with Crippen molar-refractivity contribution in [2.24, 2.45) is 0 Å². The quantitative estimate of drug-likeness (QED) is 0.790. The molecule has 1 unspecified atom stereocenters. The van der Waals surface area contributed by atoms with Crippen molar-refractivity contribution in [2.45, 2.75) is 19.9 Å². The van der Waals surface area contributed by atoms with Gasteiger partial charge >= 0.3 is 0 Å². The first-order valence-electron chi connectivity index (χ1n) is 5.04. The lowest BCUT2D eigenvalue weighted by atomic mass is 10.1. The van der Waals surface area contributed by atoms with E-state index in [4.69, 9.17) is 0 Å². The molecule has 0 aromatic carbocycles. The van der Waals surface area contributed by atoms with Crippen LogP contribution in [0.5, 0.6) is 0 Å². The Labute approximate surface area is 86.2 Å². The van der Waals surface area contributed by atoms with Crippen LogP contribution in [0, 0.1) is 0 Å². The molecule has 0 radical (unpaired) electrons. The normalized spacial score (nSPS) is 12.6. The predicted octanol–water partition coefficient (Wildman–Crippen LogP) is 1.82. The van der Waals surface area contributed by atoms with Crippen LogP contribution in [0.15, 0.2) is 18.3 Å². The van der Waals surface area contributed by atoms with E-state index in [9.17, 15) is 0 Å². The number of hydrogen-bond donors (Lipinski definition) is 1. The molecule has 1 atom stereocenters. The number of hydrogen-bond acceptors (Lipinski definition) is 3. The van der Waals surface area contributed by atoms with Gasteiger partial charge in [0.15, 0.2) is 0 Å². The van der Waals surface area contributed by atoms with Crippen molar-refractivity contribution in [3.63, 3.8) is 0 Å². The van der Waals surface area contributed by atoms with Crippen molar-refractivity contribution in [2.75, 3.05) is 25.5 Å². The van der Waals surface area contributed by atoms with Gasteiger partial charge in [-0.25, -0.2) is 4.98 Å². The topological polar surface area (TPSA) is 28.2 Å². The molecular weight excluding hydrogens is 174 g/mol. The molecule has 0 fully saturated rings. The van der Waals surface area contributed by atoms with Crippen LogP contribution in [0.4, 0.5) is 5.82 Å². The second kappa shape index (κ2) is 4.96. The van der Waals surface area contributed by atoms with E-state index in [2.05, 4.69) is 42.2 Å². The summed E-state index contributed by atoms with van der Waals surface area (Å²) in [6, 6.07) is 4.44. The van der Waals surface area contributed by atoms with E-state index in [0.29, 0.717) is 6.04 Å². The zero-order valence-electron chi connectivity index (χ0n) is 9.41. The number of pyridine rings is 1. The van der Waals surface area contributed by atoms with E-state index in [1.165, 1.54) is 5.56 Å². The molecule has 0 saturated heterocycles. The molecule has 1 aromatic heterocycles. The Balaban J connectivity index is 3.02. The Bertz CT molecular complexity index is 257. The van der Waals surface area contributed by atoms with Gasteiger partial charge in [0.1, 0.15) is 5.82 Å². The summed E-state index contributed by atoms with van der Waals surface area (Å²) in [4.78, 5) is 6.56. The van der Waals surface area contributed by atoms with Crippen LogP contribution in [0.1, 0.15) is 25.5 Å². The van der Waals surface area contributed by atoms with Crippen molar-refractivity contribution >= 4 is 5.82 Å². The molecule has 0 bridgehead atoms. The second-order valence-electron chi connectivity index (χ2n) is 3.44. The maximum absolute atomic E-state index is 4.40. The molecule has 3 nitrogen and oxygen atoms in total. The smallest absolute Gasteiger partial charge is 0.133 e. The van der Waals surface area contributed by atoms with Gasteiger partial charge in [-0.05, 0) is 27.0 Å². The number of anilines is 1. The Morgan fingerprint density at radius 2 is 2.29 bits per heavy atom. The van der Waals surface area contributed by atoms with Crippen molar-refractivity contribution < 1.29 is 0 Å². The van der Waals surface area contributed by atoms with E-state index in [-0.39, 0.29) is 0 Å². The summed E-state index contributed by atoms with van der Waals surface area (Å²) in [6.07, 6.45) is 1.84. The molecule has 1 rings (SSSR count). The monoisotopic (exact) mass is 193 g/mol. The summed E-state index contributed by atoms with van der Waals surface area (Å²) in [7, 11) is 4.03. The zero-order chi connectivity index (χ0) is 10.6. The summed E-state index contributed by atoms with van der Waals surface area (Å²) in [5, 5.41) is 3.23. The number of aromatic nitrogens is 1. The molecular formula is C11H19N3. The van der Waals surface area contributed by atoms with Crippen LogP contribution in [0.3, 0.4) is 0 Å². The number of nitrogens with zero attached hydrogens (tertiary/aromatic N) is 2. The Hall–Kier alpha value is -1.09. The van der Waals surface area contributed by atoms with Crippen molar-refractivity contribution in [1.29, 1.82) is 0 Å². The van der Waals surface area contributed by atoms with Gasteiger partial charge in [0.05, 0.1) is 0 Å². The molecule has 78 valence electrons. The molecule has 1 heterocycles. The average Bonchev–Trinajstić information content (AvgIpc) is 2.27. The average molecular weight is 193 g/mol. The van der Waals surface area contributed by atoms with Crippen LogP contribution < -0.4 is 10.2 Å². The van der Waals surface area contributed by atoms with Gasteiger partial charge in [0.25, 0.3) is 0 Å². The highest BCUT2D eigenvalue weighted by atomic mass is 15.2. The van der Waals surface area contributed by atoms with Crippen LogP contribution in [0.2, 0.25) is 0 Å². The second-order valence-corrected chi connectivity index (χ2v) is 3.44. The molecule has 0 aliphatic rings. The van der Waals surface area contributed by atoms with Crippen LogP contribution in [0.25, 0.3) is 0 Å². The summed E-state index contributed by atoms with van der Waals surface area (Å²) in [6.45, 7) is 5.24. The lowest BCUT2D eigenvalue weighted by Crippen LogP contribution is -2.22. The van der Waals surface area contributed by atoms with Gasteiger partial charge in [-0.15, -0.1) is 0 Å². The summed E-state index contributed by atoms with van der Waals surface area (Å²) in [5.41, 5.74) is 1.25. The summed E-state index contributed by atoms with van der Waals surface area (Å²) in [5.74, 6) is 1.07. The van der Waals surface area contributed by atoms with Gasteiger partial charge < -0.3 is 10.2 Å². The highest BCUT2D eigenvalue weighted by Gasteiger charge is 2.11. The van der Waals surface area contributed by atoms with Gasteiger partial charge in [-0.2, -0.15) is 0 Å². The van der Waals surface area contributed by atoms with Crippen LogP contribution in [-0.4, -0.2) is 25.6 Å². The molecule has 0 aliphatic carbocycles. The Morgan fingerprint density at radius 3 is 2.86 bits per heavy atom. The lowest BCUT2D eigenvalue weighted by molar-refractivity contribution is 0.647. The Morgan fingerprint density at radius 1 is 1.57 bits per heavy atom. The maximum Gasteiger partial charge on any atom is 0.133 e. The Kier molecular flexibility index (Phi) is 3.89. The molecule has 3 heteroatoms. The van der Waals surface area contributed by atoms with Crippen LogP contribution in [-0.2, 0) is 0 Å². The highest BCUT2D eigenvalue weighted by molar-refractivity contribution is 5.47. The van der Waals surface area contributed by atoms with Gasteiger partial charge in [-0.3, -0.25) is 0 Å². The van der Waals surface area contributed by atoms with Gasteiger partial charge in [-0.1, -0.05) is 6.07 Å². The van der Waals surface area contributed by atoms with Crippen molar-refractivity contribution in [3.05, 3.63) is 23.9 Å². The first-order valence-corrected chi connectivity index (χ1v) is 5.04. The minimum absolute atomic E-state index is 0.340. The zero-order valence-corrected chi connectivity index (χ0v) is 9.41. The van der Waals surface area contributed by atoms with Crippen molar-refractivity contribution in [3.8, 4) is 0 Å². The van der Waals surface area contributed by atoms with Crippen molar-refractivity contribution in [1.82, 2.24) is 10.3 Å². The maximum atomic E-state index is 4.40.